The maximum Gasteiger partial charge on any atom is 0.178 e. The number of hydrogen-bond acceptors (Lipinski definition) is 2. The van der Waals surface area contributed by atoms with Crippen molar-refractivity contribution in [1.29, 1.82) is 0 Å². The van der Waals surface area contributed by atoms with Gasteiger partial charge < -0.3 is 0 Å². The Hall–Kier alpha value is -1.44. The fourth-order valence-corrected chi connectivity index (χ4v) is 0.440. The molecule has 0 N–H and O–H groups in total. The van der Waals surface area contributed by atoms with E-state index < -0.39 is 0 Å². The monoisotopic (exact) mass is 150 g/mol. The minimum Gasteiger partial charge on any atom is -0.290 e. The first kappa shape index (κ1) is 9.56. The summed E-state index contributed by atoms with van der Waals surface area (Å²) in [5.41, 5.74) is 0. The molecule has 1 aliphatic carbocycles. The quantitative estimate of drug-likeness (QED) is 0.387. The zero-order chi connectivity index (χ0) is 8.69. The van der Waals surface area contributed by atoms with Crippen molar-refractivity contribution in [2.45, 2.75) is 6.92 Å². The molecule has 0 radical (unpaired) electrons. The molecule has 0 amide bonds. The van der Waals surface area contributed by atoms with E-state index in [1.165, 1.54) is 24.3 Å². The maximum absolute atomic E-state index is 10.3. The van der Waals surface area contributed by atoms with Gasteiger partial charge in [-0.2, -0.15) is 0 Å². The van der Waals surface area contributed by atoms with E-state index >= 15 is 0 Å². The smallest absolute Gasteiger partial charge is 0.178 e. The van der Waals surface area contributed by atoms with Crippen LogP contribution >= 0.6 is 0 Å². The van der Waals surface area contributed by atoms with E-state index in [-0.39, 0.29) is 11.6 Å². The molecule has 0 aromatic carbocycles. The lowest BCUT2D eigenvalue weighted by Gasteiger charge is -1.87. The number of ketones is 2. The Morgan fingerprint density at radius 2 is 1.27 bits per heavy atom. The lowest BCUT2D eigenvalue weighted by atomic mass is 10.2. The van der Waals surface area contributed by atoms with Crippen LogP contribution in [0.1, 0.15) is 6.92 Å². The highest BCUT2D eigenvalue weighted by Gasteiger charge is 1.97. The van der Waals surface area contributed by atoms with Gasteiger partial charge in [-0.15, -0.1) is 6.58 Å². The molecule has 0 unspecified atom stereocenters. The Labute approximate surface area is 65.9 Å². The number of rotatable bonds is 0. The van der Waals surface area contributed by atoms with Crippen LogP contribution in [0.15, 0.2) is 37.0 Å². The minimum absolute atomic E-state index is 0.121. The first-order valence-corrected chi connectivity index (χ1v) is 3.22. The number of hydrogen-bond donors (Lipinski definition) is 0. The summed E-state index contributed by atoms with van der Waals surface area (Å²) in [7, 11) is 0. The summed E-state index contributed by atoms with van der Waals surface area (Å²) in [6, 6.07) is 0. The van der Waals surface area contributed by atoms with E-state index in [2.05, 4.69) is 6.58 Å². The third-order valence-electron chi connectivity index (χ3n) is 0.824. The topological polar surface area (TPSA) is 34.1 Å². The van der Waals surface area contributed by atoms with Gasteiger partial charge in [0.15, 0.2) is 11.6 Å². The van der Waals surface area contributed by atoms with Gasteiger partial charge >= 0.3 is 0 Å². The van der Waals surface area contributed by atoms with Crippen molar-refractivity contribution in [3.05, 3.63) is 37.0 Å². The molecule has 0 aromatic rings. The molecule has 0 bridgehead atoms. The lowest BCUT2D eigenvalue weighted by molar-refractivity contribution is -0.113. The third-order valence-corrected chi connectivity index (χ3v) is 0.824. The normalized spacial score (nSPS) is 13.9. The summed E-state index contributed by atoms with van der Waals surface area (Å²) in [4.78, 5) is 20.6. The van der Waals surface area contributed by atoms with Crippen LogP contribution in [0.3, 0.4) is 0 Å². The van der Waals surface area contributed by atoms with Crippen LogP contribution in [0.2, 0.25) is 0 Å². The second kappa shape index (κ2) is 5.35. The van der Waals surface area contributed by atoms with Gasteiger partial charge in [-0.1, -0.05) is 6.08 Å². The largest absolute Gasteiger partial charge is 0.290 e. The standard InChI is InChI=1S/C6H4O2.C3H6/c7-5-1-2-6(8)4-3-5;1-3-2/h1-4H;3H,1H2,2H3. The first-order valence-electron chi connectivity index (χ1n) is 3.22. The van der Waals surface area contributed by atoms with E-state index in [0.29, 0.717) is 0 Å². The zero-order valence-electron chi connectivity index (χ0n) is 6.41. The summed E-state index contributed by atoms with van der Waals surface area (Å²) in [5, 5.41) is 0. The molecule has 0 atom stereocenters. The molecule has 2 heteroatoms. The fourth-order valence-electron chi connectivity index (χ4n) is 0.440. The van der Waals surface area contributed by atoms with E-state index in [1.807, 2.05) is 6.92 Å². The van der Waals surface area contributed by atoms with Crippen LogP contribution in [-0.2, 0) is 9.59 Å². The van der Waals surface area contributed by atoms with E-state index in [9.17, 15) is 9.59 Å². The average molecular weight is 150 g/mol. The molecular formula is C9H10O2. The molecule has 2 nitrogen and oxygen atoms in total. The van der Waals surface area contributed by atoms with E-state index in [0.717, 1.165) is 0 Å². The first-order chi connectivity index (χ1) is 5.20. The molecule has 0 aliphatic heterocycles. The molecule has 1 aliphatic rings. The highest BCUT2D eigenvalue weighted by molar-refractivity contribution is 6.14. The lowest BCUT2D eigenvalue weighted by Crippen LogP contribution is -1.97. The number of allylic oxidation sites excluding steroid dienone is 5. The molecule has 1 rings (SSSR count). The molecule has 58 valence electrons. The molecule has 11 heavy (non-hydrogen) atoms. The summed E-state index contributed by atoms with van der Waals surface area (Å²) in [6.45, 7) is 5.25. The van der Waals surface area contributed by atoms with Gasteiger partial charge in [0, 0.05) is 0 Å². The van der Waals surface area contributed by atoms with E-state index in [1.54, 1.807) is 6.08 Å². The van der Waals surface area contributed by atoms with Gasteiger partial charge in [-0.25, -0.2) is 0 Å². The molecule has 0 fully saturated rings. The van der Waals surface area contributed by atoms with Crippen LogP contribution in [0.5, 0.6) is 0 Å². The van der Waals surface area contributed by atoms with Crippen molar-refractivity contribution >= 4 is 11.6 Å². The van der Waals surface area contributed by atoms with Crippen molar-refractivity contribution in [1.82, 2.24) is 0 Å². The Morgan fingerprint density at radius 1 is 1.09 bits per heavy atom. The SMILES string of the molecule is C=CC.O=C1C=CC(=O)C=C1. The Balaban J connectivity index is 0.000000292. The molecule has 0 saturated heterocycles. The predicted octanol–water partition coefficient (Wildman–Crippen LogP) is 1.44. The minimum atomic E-state index is -0.121. The Kier molecular flexibility index (Phi) is 4.65. The van der Waals surface area contributed by atoms with Gasteiger partial charge in [0.2, 0.25) is 0 Å². The highest BCUT2D eigenvalue weighted by Crippen LogP contribution is 1.90. The van der Waals surface area contributed by atoms with Gasteiger partial charge in [0.25, 0.3) is 0 Å². The average Bonchev–Trinajstić information content (AvgIpc) is 1.97. The highest BCUT2D eigenvalue weighted by atomic mass is 16.1. The summed E-state index contributed by atoms with van der Waals surface area (Å²) < 4.78 is 0. The molecule has 0 saturated carbocycles. The van der Waals surface area contributed by atoms with Crippen molar-refractivity contribution in [2.75, 3.05) is 0 Å². The van der Waals surface area contributed by atoms with Crippen molar-refractivity contribution in [3.8, 4) is 0 Å². The predicted molar refractivity (Wildman–Crippen MR) is 44.2 cm³/mol. The fraction of sp³-hybridized carbons (Fsp3) is 0.111. The maximum atomic E-state index is 10.3. The zero-order valence-corrected chi connectivity index (χ0v) is 6.41. The number of carbonyl (C=O) groups excluding carboxylic acids is 2. The molecule has 0 aromatic heterocycles. The summed E-state index contributed by atoms with van der Waals surface area (Å²) in [6.07, 6.45) is 6.76. The summed E-state index contributed by atoms with van der Waals surface area (Å²) >= 11 is 0. The third kappa shape index (κ3) is 5.03. The van der Waals surface area contributed by atoms with Crippen LogP contribution in [-0.4, -0.2) is 11.6 Å². The van der Waals surface area contributed by atoms with Gasteiger partial charge in [-0.05, 0) is 31.2 Å². The van der Waals surface area contributed by atoms with Gasteiger partial charge in [-0.3, -0.25) is 9.59 Å². The van der Waals surface area contributed by atoms with Gasteiger partial charge in [0.05, 0.1) is 0 Å². The Bertz CT molecular complexity index is 184. The van der Waals surface area contributed by atoms with Crippen molar-refractivity contribution < 1.29 is 9.59 Å². The summed E-state index contributed by atoms with van der Waals surface area (Å²) in [5.74, 6) is -0.241. The van der Waals surface area contributed by atoms with E-state index in [4.69, 9.17) is 0 Å². The molecule has 0 heterocycles. The van der Waals surface area contributed by atoms with Gasteiger partial charge in [0.1, 0.15) is 0 Å². The van der Waals surface area contributed by atoms with Crippen LogP contribution < -0.4 is 0 Å². The second-order valence-corrected chi connectivity index (χ2v) is 1.88. The van der Waals surface area contributed by atoms with Crippen LogP contribution in [0.25, 0.3) is 0 Å². The number of carbonyl (C=O) groups is 2. The van der Waals surface area contributed by atoms with Crippen molar-refractivity contribution in [2.24, 2.45) is 0 Å². The van der Waals surface area contributed by atoms with Crippen LogP contribution in [0.4, 0.5) is 0 Å². The second-order valence-electron chi connectivity index (χ2n) is 1.88. The molecule has 0 spiro atoms. The molecular weight excluding hydrogens is 140 g/mol. The van der Waals surface area contributed by atoms with Crippen molar-refractivity contribution in [3.63, 3.8) is 0 Å². The Morgan fingerprint density at radius 3 is 1.45 bits per heavy atom. The van der Waals surface area contributed by atoms with Crippen LogP contribution in [0, 0.1) is 0 Å².